The van der Waals surface area contributed by atoms with Crippen molar-refractivity contribution in [2.45, 2.75) is 23.8 Å². The Bertz CT molecular complexity index is 1000. The van der Waals surface area contributed by atoms with Crippen LogP contribution in [-0.2, 0) is 16.3 Å². The average molecular weight is 326 g/mol. The molecule has 2 aromatic carbocycles. The molecule has 1 heterocycles. The Kier molecular flexibility index (Phi) is 3.11. The largest absolute Gasteiger partial charge is 0.355 e. The predicted molar refractivity (Wildman–Crippen MR) is 92.1 cm³/mol. The maximum Gasteiger partial charge on any atom is 0.175 e. The van der Waals surface area contributed by atoms with Crippen molar-refractivity contribution in [3.05, 3.63) is 53.6 Å². The number of hydrogen-bond donors (Lipinski definition) is 2. The van der Waals surface area contributed by atoms with E-state index in [1.54, 1.807) is 12.1 Å². The number of benzene rings is 2. The van der Waals surface area contributed by atoms with Crippen LogP contribution in [0.4, 0.5) is 0 Å². The molecule has 5 heteroatoms. The Morgan fingerprint density at radius 1 is 1.13 bits per heavy atom. The summed E-state index contributed by atoms with van der Waals surface area (Å²) >= 11 is 0. The van der Waals surface area contributed by atoms with Crippen molar-refractivity contribution in [3.8, 4) is 11.3 Å². The van der Waals surface area contributed by atoms with Crippen LogP contribution < -0.4 is 5.73 Å². The lowest BCUT2D eigenvalue weighted by Gasteiger charge is -2.04. The second kappa shape index (κ2) is 4.94. The first-order chi connectivity index (χ1) is 10.9. The molecule has 1 aliphatic rings. The van der Waals surface area contributed by atoms with Crippen molar-refractivity contribution in [1.29, 1.82) is 0 Å². The summed E-state index contributed by atoms with van der Waals surface area (Å²) in [6, 6.07) is 13.5. The van der Waals surface area contributed by atoms with Gasteiger partial charge in [0.2, 0.25) is 0 Å². The number of fused-ring (bicyclic) bond motifs is 3. The molecule has 118 valence electrons. The van der Waals surface area contributed by atoms with Crippen LogP contribution in [0.3, 0.4) is 0 Å². The zero-order chi connectivity index (χ0) is 16.2. The summed E-state index contributed by atoms with van der Waals surface area (Å²) in [5, 5.41) is 1.22. The van der Waals surface area contributed by atoms with Gasteiger partial charge in [-0.1, -0.05) is 18.2 Å². The lowest BCUT2D eigenvalue weighted by Crippen LogP contribution is -2.04. The van der Waals surface area contributed by atoms with Gasteiger partial charge in [0.25, 0.3) is 0 Å². The van der Waals surface area contributed by atoms with Gasteiger partial charge in [0, 0.05) is 28.9 Å². The lowest BCUT2D eigenvalue weighted by molar-refractivity contribution is 0.602. The predicted octanol–water partition coefficient (Wildman–Crippen LogP) is 3.18. The Labute approximate surface area is 135 Å². The molecule has 0 saturated carbocycles. The maximum absolute atomic E-state index is 11.6. The van der Waals surface area contributed by atoms with Gasteiger partial charge in [-0.3, -0.25) is 0 Å². The molecule has 0 amide bonds. The van der Waals surface area contributed by atoms with E-state index in [1.165, 1.54) is 22.8 Å². The van der Waals surface area contributed by atoms with Crippen molar-refractivity contribution in [2.24, 2.45) is 5.73 Å². The highest BCUT2D eigenvalue weighted by atomic mass is 32.2. The van der Waals surface area contributed by atoms with E-state index >= 15 is 0 Å². The zero-order valence-electron chi connectivity index (χ0n) is 12.8. The molecule has 0 fully saturated rings. The highest BCUT2D eigenvalue weighted by Crippen LogP contribution is 2.36. The van der Waals surface area contributed by atoms with Crippen molar-refractivity contribution in [1.82, 2.24) is 4.98 Å². The number of nitrogens with two attached hydrogens (primary N) is 1. The Hall–Kier alpha value is -2.11. The highest BCUT2D eigenvalue weighted by Gasteiger charge is 2.21. The fourth-order valence-corrected chi connectivity index (χ4v) is 4.03. The quantitative estimate of drug-likeness (QED) is 0.759. The number of aromatic nitrogens is 1. The highest BCUT2D eigenvalue weighted by molar-refractivity contribution is 7.90. The van der Waals surface area contributed by atoms with E-state index in [2.05, 4.69) is 23.2 Å². The van der Waals surface area contributed by atoms with E-state index in [-0.39, 0.29) is 6.04 Å². The zero-order valence-corrected chi connectivity index (χ0v) is 13.7. The molecule has 4 nitrogen and oxygen atoms in total. The van der Waals surface area contributed by atoms with Gasteiger partial charge in [0.15, 0.2) is 9.84 Å². The van der Waals surface area contributed by atoms with Crippen molar-refractivity contribution in [2.75, 3.05) is 6.26 Å². The van der Waals surface area contributed by atoms with Crippen LogP contribution in [-0.4, -0.2) is 19.7 Å². The standard InChI is InChI=1S/C18H18N2O2S/c1-23(21,22)12-4-2-11(3-5-12)18-10-15-13-6-8-16(19)14(13)7-9-17(15)20-18/h2-5,7,9-10,16,20H,6,8,19H2,1H3. The van der Waals surface area contributed by atoms with Crippen molar-refractivity contribution < 1.29 is 8.42 Å². The summed E-state index contributed by atoms with van der Waals surface area (Å²) in [5.41, 5.74) is 11.8. The summed E-state index contributed by atoms with van der Waals surface area (Å²) in [6.07, 6.45) is 3.23. The normalized spacial score (nSPS) is 17.6. The second-order valence-electron chi connectivity index (χ2n) is 6.22. The Morgan fingerprint density at radius 2 is 1.87 bits per heavy atom. The fraction of sp³-hybridized carbons (Fsp3) is 0.222. The summed E-state index contributed by atoms with van der Waals surface area (Å²) in [7, 11) is -3.16. The van der Waals surface area contributed by atoms with E-state index in [1.807, 2.05) is 12.1 Å². The number of nitrogens with one attached hydrogen (secondary N) is 1. The third-order valence-corrected chi connectivity index (χ3v) is 5.78. The van der Waals surface area contributed by atoms with Crippen LogP contribution in [0.15, 0.2) is 47.4 Å². The molecule has 0 radical (unpaired) electrons. The molecule has 0 aliphatic heterocycles. The Morgan fingerprint density at radius 3 is 2.57 bits per heavy atom. The van der Waals surface area contributed by atoms with Gasteiger partial charge >= 0.3 is 0 Å². The van der Waals surface area contributed by atoms with E-state index in [4.69, 9.17) is 5.73 Å². The number of rotatable bonds is 2. The number of aromatic amines is 1. The van der Waals surface area contributed by atoms with Crippen molar-refractivity contribution >= 4 is 20.7 Å². The number of hydrogen-bond acceptors (Lipinski definition) is 3. The molecule has 4 rings (SSSR count). The molecule has 0 bridgehead atoms. The molecule has 1 aliphatic carbocycles. The minimum absolute atomic E-state index is 0.141. The fourth-order valence-electron chi connectivity index (χ4n) is 3.40. The van der Waals surface area contributed by atoms with Crippen LogP contribution in [0.5, 0.6) is 0 Å². The minimum Gasteiger partial charge on any atom is -0.355 e. The van der Waals surface area contributed by atoms with Crippen LogP contribution in [0.1, 0.15) is 23.6 Å². The number of H-pyrrole nitrogens is 1. The number of sulfone groups is 1. The van der Waals surface area contributed by atoms with Crippen LogP contribution in [0.25, 0.3) is 22.2 Å². The first-order valence-electron chi connectivity index (χ1n) is 7.64. The monoisotopic (exact) mass is 326 g/mol. The molecule has 0 saturated heterocycles. The summed E-state index contributed by atoms with van der Waals surface area (Å²) < 4.78 is 23.1. The minimum atomic E-state index is -3.16. The number of aryl methyl sites for hydroxylation is 1. The molecule has 23 heavy (non-hydrogen) atoms. The van der Waals surface area contributed by atoms with Crippen LogP contribution in [0, 0.1) is 0 Å². The van der Waals surface area contributed by atoms with Gasteiger partial charge in [-0.2, -0.15) is 0 Å². The maximum atomic E-state index is 11.6. The van der Waals surface area contributed by atoms with Gasteiger partial charge in [-0.05, 0) is 53.8 Å². The SMILES string of the molecule is CS(=O)(=O)c1ccc(-c2cc3c4c(ccc3[nH]2)C(N)CC4)cc1. The molecular weight excluding hydrogens is 308 g/mol. The molecule has 3 N–H and O–H groups in total. The topological polar surface area (TPSA) is 76.0 Å². The van der Waals surface area contributed by atoms with Gasteiger partial charge in [-0.15, -0.1) is 0 Å². The van der Waals surface area contributed by atoms with Gasteiger partial charge in [0.05, 0.1) is 4.90 Å². The second-order valence-corrected chi connectivity index (χ2v) is 8.24. The molecule has 1 atom stereocenters. The van der Waals surface area contributed by atoms with E-state index in [0.29, 0.717) is 4.90 Å². The summed E-state index contributed by atoms with van der Waals surface area (Å²) in [5.74, 6) is 0. The van der Waals surface area contributed by atoms with Gasteiger partial charge in [0.1, 0.15) is 0 Å². The smallest absolute Gasteiger partial charge is 0.175 e. The summed E-state index contributed by atoms with van der Waals surface area (Å²) in [6.45, 7) is 0. The van der Waals surface area contributed by atoms with Gasteiger partial charge in [-0.25, -0.2) is 8.42 Å². The van der Waals surface area contributed by atoms with Crippen molar-refractivity contribution in [3.63, 3.8) is 0 Å². The summed E-state index contributed by atoms with van der Waals surface area (Å²) in [4.78, 5) is 3.76. The van der Waals surface area contributed by atoms with Crippen LogP contribution >= 0.6 is 0 Å². The first-order valence-corrected chi connectivity index (χ1v) is 9.53. The molecule has 1 unspecified atom stereocenters. The third kappa shape index (κ3) is 2.36. The average Bonchev–Trinajstić information content (AvgIpc) is 3.10. The van der Waals surface area contributed by atoms with E-state index < -0.39 is 9.84 Å². The van der Waals surface area contributed by atoms with Gasteiger partial charge < -0.3 is 10.7 Å². The van der Waals surface area contributed by atoms with E-state index in [9.17, 15) is 8.42 Å². The molecule has 1 aromatic heterocycles. The first kappa shape index (κ1) is 14.5. The lowest BCUT2D eigenvalue weighted by atomic mass is 10.0. The molecule has 0 spiro atoms. The Balaban J connectivity index is 1.81. The van der Waals surface area contributed by atoms with E-state index in [0.717, 1.165) is 29.6 Å². The molecular formula is C18H18N2O2S. The molecule has 3 aromatic rings. The van der Waals surface area contributed by atoms with Crippen LogP contribution in [0.2, 0.25) is 0 Å². The third-order valence-electron chi connectivity index (χ3n) is 4.65.